The number of rotatable bonds is 1. The van der Waals surface area contributed by atoms with Crippen LogP contribution in [0.25, 0.3) is 0 Å². The first-order valence-electron chi connectivity index (χ1n) is 4.77. The van der Waals surface area contributed by atoms with E-state index in [4.69, 9.17) is 0 Å². The SMILES string of the molecule is CC(C)[C@]12C[C@H]1[C@H](C)C[C@@H]2O. The largest absolute Gasteiger partial charge is 0.393 e. The van der Waals surface area contributed by atoms with Crippen LogP contribution in [0.5, 0.6) is 0 Å². The summed E-state index contributed by atoms with van der Waals surface area (Å²) in [7, 11) is 0. The molecule has 1 nitrogen and oxygen atoms in total. The van der Waals surface area contributed by atoms with Crippen LogP contribution >= 0.6 is 0 Å². The number of hydrogen-bond donors (Lipinski definition) is 1. The Balaban J connectivity index is 2.19. The Kier molecular flexibility index (Phi) is 1.39. The quantitative estimate of drug-likeness (QED) is 0.613. The lowest BCUT2D eigenvalue weighted by Crippen LogP contribution is -2.24. The minimum absolute atomic E-state index is 0.00231. The van der Waals surface area contributed by atoms with E-state index in [9.17, 15) is 5.11 Å². The van der Waals surface area contributed by atoms with Gasteiger partial charge in [-0.3, -0.25) is 0 Å². The van der Waals surface area contributed by atoms with Gasteiger partial charge in [0.2, 0.25) is 0 Å². The summed E-state index contributed by atoms with van der Waals surface area (Å²) >= 11 is 0. The van der Waals surface area contributed by atoms with Crippen molar-refractivity contribution < 1.29 is 5.11 Å². The van der Waals surface area contributed by atoms with Gasteiger partial charge in [-0.1, -0.05) is 20.8 Å². The molecule has 0 amide bonds. The molecule has 0 spiro atoms. The molecule has 2 rings (SSSR count). The van der Waals surface area contributed by atoms with Crippen LogP contribution in [-0.2, 0) is 0 Å². The fourth-order valence-electron chi connectivity index (χ4n) is 3.22. The highest BCUT2D eigenvalue weighted by molar-refractivity contribution is 5.15. The summed E-state index contributed by atoms with van der Waals surface area (Å²) in [6.07, 6.45) is 2.33. The van der Waals surface area contributed by atoms with E-state index in [1.54, 1.807) is 0 Å². The summed E-state index contributed by atoms with van der Waals surface area (Å²) in [6, 6.07) is 0. The summed E-state index contributed by atoms with van der Waals surface area (Å²) in [6.45, 7) is 6.79. The summed E-state index contributed by atoms with van der Waals surface area (Å²) < 4.78 is 0. The van der Waals surface area contributed by atoms with E-state index in [0.29, 0.717) is 11.3 Å². The van der Waals surface area contributed by atoms with Gasteiger partial charge in [0, 0.05) is 5.41 Å². The third-order valence-corrected chi connectivity index (χ3v) is 4.08. The van der Waals surface area contributed by atoms with Crippen molar-refractivity contribution in [2.45, 2.75) is 39.7 Å². The van der Waals surface area contributed by atoms with Crippen molar-refractivity contribution in [1.82, 2.24) is 0 Å². The van der Waals surface area contributed by atoms with E-state index in [2.05, 4.69) is 20.8 Å². The van der Waals surface area contributed by atoms with E-state index >= 15 is 0 Å². The molecule has 1 N–H and O–H groups in total. The molecule has 0 aliphatic heterocycles. The highest BCUT2D eigenvalue weighted by Gasteiger charge is 2.66. The normalized spacial score (nSPS) is 54.8. The van der Waals surface area contributed by atoms with Gasteiger partial charge in [-0.2, -0.15) is 0 Å². The molecule has 0 heterocycles. The Labute approximate surface area is 68.8 Å². The minimum atomic E-state index is 0.00231. The molecule has 0 radical (unpaired) electrons. The molecule has 0 unspecified atom stereocenters. The van der Waals surface area contributed by atoms with Crippen LogP contribution in [0.3, 0.4) is 0 Å². The first-order valence-corrected chi connectivity index (χ1v) is 4.77. The number of fused-ring (bicyclic) bond motifs is 1. The van der Waals surface area contributed by atoms with Crippen molar-refractivity contribution >= 4 is 0 Å². The molecular formula is C10H18O. The fourth-order valence-corrected chi connectivity index (χ4v) is 3.22. The highest BCUT2D eigenvalue weighted by atomic mass is 16.3. The maximum absolute atomic E-state index is 9.83. The first kappa shape index (κ1) is 7.60. The van der Waals surface area contributed by atoms with E-state index < -0.39 is 0 Å². The molecular weight excluding hydrogens is 136 g/mol. The Bertz CT molecular complexity index is 172. The zero-order chi connectivity index (χ0) is 8.22. The molecule has 4 atom stereocenters. The summed E-state index contributed by atoms with van der Waals surface area (Å²) in [5.41, 5.74) is 0.347. The van der Waals surface area contributed by atoms with Gasteiger partial charge in [0.15, 0.2) is 0 Å². The van der Waals surface area contributed by atoms with Gasteiger partial charge in [-0.15, -0.1) is 0 Å². The van der Waals surface area contributed by atoms with Gasteiger partial charge in [0.05, 0.1) is 6.10 Å². The molecule has 2 aliphatic rings. The zero-order valence-corrected chi connectivity index (χ0v) is 7.67. The second-order valence-corrected chi connectivity index (χ2v) is 4.81. The Morgan fingerprint density at radius 3 is 2.27 bits per heavy atom. The third-order valence-electron chi connectivity index (χ3n) is 4.08. The average molecular weight is 154 g/mol. The maximum Gasteiger partial charge on any atom is 0.0604 e. The molecule has 2 fully saturated rings. The van der Waals surface area contributed by atoms with E-state index in [1.165, 1.54) is 6.42 Å². The molecule has 2 aliphatic carbocycles. The molecule has 0 aromatic rings. The molecule has 2 saturated carbocycles. The standard InChI is InChI=1S/C10H18O/c1-6(2)10-5-8(10)7(3)4-9(10)11/h6-9,11H,4-5H2,1-3H3/t7-,8+,9+,10-/m1/s1. The van der Waals surface area contributed by atoms with E-state index in [1.807, 2.05) is 0 Å². The first-order chi connectivity index (χ1) is 5.09. The van der Waals surface area contributed by atoms with Crippen LogP contribution in [-0.4, -0.2) is 11.2 Å². The van der Waals surface area contributed by atoms with Crippen molar-refractivity contribution in [3.63, 3.8) is 0 Å². The van der Waals surface area contributed by atoms with Gasteiger partial charge in [0.1, 0.15) is 0 Å². The van der Waals surface area contributed by atoms with E-state index in [0.717, 1.165) is 18.3 Å². The molecule has 64 valence electrons. The van der Waals surface area contributed by atoms with Crippen LogP contribution in [0, 0.1) is 23.2 Å². The third kappa shape index (κ3) is 0.752. The average Bonchev–Trinajstić information content (AvgIpc) is 2.56. The van der Waals surface area contributed by atoms with Crippen LogP contribution in [0.4, 0.5) is 0 Å². The van der Waals surface area contributed by atoms with Crippen LogP contribution in [0.1, 0.15) is 33.6 Å². The topological polar surface area (TPSA) is 20.2 Å². The van der Waals surface area contributed by atoms with Gasteiger partial charge < -0.3 is 5.11 Å². The smallest absolute Gasteiger partial charge is 0.0604 e. The van der Waals surface area contributed by atoms with Gasteiger partial charge in [-0.25, -0.2) is 0 Å². The van der Waals surface area contributed by atoms with Crippen LogP contribution in [0.15, 0.2) is 0 Å². The molecule has 0 bridgehead atoms. The molecule has 0 saturated heterocycles. The zero-order valence-electron chi connectivity index (χ0n) is 7.67. The van der Waals surface area contributed by atoms with Crippen molar-refractivity contribution in [2.24, 2.45) is 23.2 Å². The van der Waals surface area contributed by atoms with Crippen molar-refractivity contribution in [2.75, 3.05) is 0 Å². The molecule has 0 aromatic carbocycles. The molecule has 0 aromatic heterocycles. The number of aliphatic hydroxyl groups is 1. The van der Waals surface area contributed by atoms with Crippen molar-refractivity contribution in [3.05, 3.63) is 0 Å². The minimum Gasteiger partial charge on any atom is -0.393 e. The van der Waals surface area contributed by atoms with Crippen molar-refractivity contribution in [3.8, 4) is 0 Å². The summed E-state index contributed by atoms with van der Waals surface area (Å²) in [5, 5.41) is 9.83. The lowest BCUT2D eigenvalue weighted by molar-refractivity contribution is 0.0741. The summed E-state index contributed by atoms with van der Waals surface area (Å²) in [5.74, 6) is 2.29. The van der Waals surface area contributed by atoms with E-state index in [-0.39, 0.29) is 6.10 Å². The Morgan fingerprint density at radius 1 is 1.45 bits per heavy atom. The second kappa shape index (κ2) is 2.01. The van der Waals surface area contributed by atoms with Gasteiger partial charge in [-0.05, 0) is 30.6 Å². The van der Waals surface area contributed by atoms with Crippen LogP contribution < -0.4 is 0 Å². The van der Waals surface area contributed by atoms with Gasteiger partial charge in [0.25, 0.3) is 0 Å². The Hall–Kier alpha value is -0.0400. The predicted octanol–water partition coefficient (Wildman–Crippen LogP) is 2.05. The maximum atomic E-state index is 9.83. The monoisotopic (exact) mass is 154 g/mol. The Morgan fingerprint density at radius 2 is 2.09 bits per heavy atom. The van der Waals surface area contributed by atoms with Crippen molar-refractivity contribution in [1.29, 1.82) is 0 Å². The number of hydrogen-bond acceptors (Lipinski definition) is 1. The fraction of sp³-hybridized carbons (Fsp3) is 1.00. The molecule has 11 heavy (non-hydrogen) atoms. The highest BCUT2D eigenvalue weighted by Crippen LogP contribution is 2.69. The summed E-state index contributed by atoms with van der Waals surface area (Å²) in [4.78, 5) is 0. The van der Waals surface area contributed by atoms with Crippen LogP contribution in [0.2, 0.25) is 0 Å². The number of aliphatic hydroxyl groups excluding tert-OH is 1. The lowest BCUT2D eigenvalue weighted by Gasteiger charge is -2.22. The van der Waals surface area contributed by atoms with Gasteiger partial charge >= 0.3 is 0 Å². The second-order valence-electron chi connectivity index (χ2n) is 4.81. The predicted molar refractivity (Wildman–Crippen MR) is 45.2 cm³/mol. The lowest BCUT2D eigenvalue weighted by atomic mass is 9.88. The molecule has 1 heteroatoms.